The Hall–Kier alpha value is -2.14. The quantitative estimate of drug-likeness (QED) is 0.782. The monoisotopic (exact) mass is 326 g/mol. The van der Waals surface area contributed by atoms with Gasteiger partial charge in [-0.1, -0.05) is 12.1 Å². The van der Waals surface area contributed by atoms with Gasteiger partial charge in [-0.15, -0.1) is 11.3 Å². The zero-order chi connectivity index (χ0) is 15.8. The predicted molar refractivity (Wildman–Crippen MR) is 92.0 cm³/mol. The molecule has 23 heavy (non-hydrogen) atoms. The summed E-state index contributed by atoms with van der Waals surface area (Å²) in [5.74, 6) is -0.0422. The zero-order valence-corrected chi connectivity index (χ0v) is 13.8. The van der Waals surface area contributed by atoms with Crippen LogP contribution >= 0.6 is 11.3 Å². The number of nitrogens with zero attached hydrogens (tertiary/aromatic N) is 1. The van der Waals surface area contributed by atoms with Crippen molar-refractivity contribution in [1.29, 1.82) is 0 Å². The van der Waals surface area contributed by atoms with Crippen LogP contribution in [0.3, 0.4) is 0 Å². The van der Waals surface area contributed by atoms with Crippen molar-refractivity contribution in [2.75, 3.05) is 5.32 Å². The highest BCUT2D eigenvalue weighted by Crippen LogP contribution is 2.30. The molecule has 0 spiro atoms. The molecule has 1 aliphatic carbocycles. The van der Waals surface area contributed by atoms with Crippen molar-refractivity contribution in [1.82, 2.24) is 4.98 Å². The van der Waals surface area contributed by atoms with E-state index in [1.165, 1.54) is 23.4 Å². The Balaban J connectivity index is 1.50. The maximum absolute atomic E-state index is 12.3. The average Bonchev–Trinajstić information content (AvgIpc) is 3.10. The molecule has 0 atom stereocenters. The summed E-state index contributed by atoms with van der Waals surface area (Å²) < 4.78 is 5.55. The maximum Gasteiger partial charge on any atom is 0.230 e. The normalized spacial score (nSPS) is 14.0. The molecule has 2 heterocycles. The van der Waals surface area contributed by atoms with Gasteiger partial charge in [0.1, 0.15) is 5.58 Å². The van der Waals surface area contributed by atoms with Gasteiger partial charge in [0, 0.05) is 15.8 Å². The van der Waals surface area contributed by atoms with E-state index in [-0.39, 0.29) is 5.91 Å². The molecule has 0 bridgehead atoms. The lowest BCUT2D eigenvalue weighted by Crippen LogP contribution is -2.14. The molecule has 0 aliphatic heterocycles. The highest BCUT2D eigenvalue weighted by molar-refractivity contribution is 7.15. The molecule has 5 heteroatoms. The fourth-order valence-corrected chi connectivity index (χ4v) is 4.14. The molecule has 0 unspecified atom stereocenters. The molecule has 1 aliphatic rings. The fraction of sp³-hybridized carbons (Fsp3) is 0.333. The summed E-state index contributed by atoms with van der Waals surface area (Å²) in [6, 6.07) is 6.04. The van der Waals surface area contributed by atoms with Gasteiger partial charge < -0.3 is 9.73 Å². The van der Waals surface area contributed by atoms with Crippen molar-refractivity contribution >= 4 is 33.3 Å². The van der Waals surface area contributed by atoms with Crippen molar-refractivity contribution in [3.05, 3.63) is 46.2 Å². The molecule has 0 radical (unpaired) electrons. The van der Waals surface area contributed by atoms with E-state index in [2.05, 4.69) is 10.3 Å². The topological polar surface area (TPSA) is 55.1 Å². The van der Waals surface area contributed by atoms with Gasteiger partial charge in [-0.25, -0.2) is 4.98 Å². The number of aromatic nitrogens is 1. The fourth-order valence-electron chi connectivity index (χ4n) is 3.07. The highest BCUT2D eigenvalue weighted by Gasteiger charge is 2.17. The van der Waals surface area contributed by atoms with E-state index in [1.807, 2.05) is 25.1 Å². The van der Waals surface area contributed by atoms with Crippen molar-refractivity contribution in [3.8, 4) is 0 Å². The SMILES string of the molecule is Cc1ccc2c(CC(=O)Nc3nc4c(s3)CCCC4)coc2c1. The first-order chi connectivity index (χ1) is 11.2. The largest absolute Gasteiger partial charge is 0.464 e. The van der Waals surface area contributed by atoms with Gasteiger partial charge in [-0.3, -0.25) is 4.79 Å². The van der Waals surface area contributed by atoms with E-state index in [0.717, 1.165) is 40.1 Å². The molecule has 0 saturated carbocycles. The van der Waals surface area contributed by atoms with Gasteiger partial charge in [0.2, 0.25) is 5.91 Å². The smallest absolute Gasteiger partial charge is 0.230 e. The summed E-state index contributed by atoms with van der Waals surface area (Å²) in [6.45, 7) is 2.03. The number of aryl methyl sites for hydroxylation is 3. The van der Waals surface area contributed by atoms with Crippen LogP contribution in [0.2, 0.25) is 0 Å². The third-order valence-corrected chi connectivity index (χ3v) is 5.33. The maximum atomic E-state index is 12.3. The van der Waals surface area contributed by atoms with Crippen LogP contribution in [0.25, 0.3) is 11.0 Å². The molecule has 1 amide bonds. The number of anilines is 1. The standard InChI is InChI=1S/C18H18N2O2S/c1-11-6-7-13-12(10-22-15(13)8-11)9-17(21)20-18-19-14-4-2-3-5-16(14)23-18/h6-8,10H,2-5,9H2,1H3,(H,19,20,21). The van der Waals surface area contributed by atoms with Crippen molar-refractivity contribution < 1.29 is 9.21 Å². The van der Waals surface area contributed by atoms with Crippen LogP contribution in [-0.2, 0) is 24.1 Å². The first-order valence-corrected chi connectivity index (χ1v) is 8.76. The van der Waals surface area contributed by atoms with E-state index in [1.54, 1.807) is 17.6 Å². The van der Waals surface area contributed by atoms with E-state index >= 15 is 0 Å². The van der Waals surface area contributed by atoms with Crippen LogP contribution in [0.5, 0.6) is 0 Å². The van der Waals surface area contributed by atoms with Gasteiger partial charge in [-0.2, -0.15) is 0 Å². The van der Waals surface area contributed by atoms with Crippen LogP contribution in [0.15, 0.2) is 28.9 Å². The lowest BCUT2D eigenvalue weighted by Gasteiger charge is -2.06. The predicted octanol–water partition coefficient (Wildman–Crippen LogP) is 4.26. The van der Waals surface area contributed by atoms with Crippen molar-refractivity contribution in [2.45, 2.75) is 39.0 Å². The van der Waals surface area contributed by atoms with Gasteiger partial charge in [0.05, 0.1) is 18.4 Å². The molecular formula is C18H18N2O2S. The van der Waals surface area contributed by atoms with Gasteiger partial charge in [-0.05, 0) is 44.2 Å². The second kappa shape index (κ2) is 5.81. The number of rotatable bonds is 3. The van der Waals surface area contributed by atoms with Gasteiger partial charge >= 0.3 is 0 Å². The molecule has 4 rings (SSSR count). The Bertz CT molecular complexity index is 855. The molecule has 3 aromatic rings. The third kappa shape index (κ3) is 2.88. The minimum Gasteiger partial charge on any atom is -0.464 e. The first kappa shape index (κ1) is 14.5. The number of carbonyl (C=O) groups excluding carboxylic acids is 1. The van der Waals surface area contributed by atoms with Crippen LogP contribution in [-0.4, -0.2) is 10.9 Å². The molecule has 118 valence electrons. The minimum atomic E-state index is -0.0422. The Kier molecular flexibility index (Phi) is 3.65. The van der Waals surface area contributed by atoms with Gasteiger partial charge in [0.25, 0.3) is 0 Å². The highest BCUT2D eigenvalue weighted by atomic mass is 32.1. The number of nitrogens with one attached hydrogen (secondary N) is 1. The number of hydrogen-bond acceptors (Lipinski definition) is 4. The molecule has 1 N–H and O–H groups in total. The van der Waals surface area contributed by atoms with Crippen LogP contribution < -0.4 is 5.32 Å². The van der Waals surface area contributed by atoms with Gasteiger partial charge in [0.15, 0.2) is 5.13 Å². The van der Waals surface area contributed by atoms with Crippen LogP contribution in [0.4, 0.5) is 5.13 Å². The van der Waals surface area contributed by atoms with E-state index in [9.17, 15) is 4.79 Å². The summed E-state index contributed by atoms with van der Waals surface area (Å²) >= 11 is 1.62. The summed E-state index contributed by atoms with van der Waals surface area (Å²) in [7, 11) is 0. The lowest BCUT2D eigenvalue weighted by atomic mass is 10.0. The van der Waals surface area contributed by atoms with E-state index in [4.69, 9.17) is 4.42 Å². The number of benzene rings is 1. The summed E-state index contributed by atoms with van der Waals surface area (Å²) in [6.07, 6.45) is 6.53. The van der Waals surface area contributed by atoms with Crippen LogP contribution in [0, 0.1) is 6.92 Å². The molecule has 2 aromatic heterocycles. The Morgan fingerprint density at radius 1 is 1.35 bits per heavy atom. The number of fused-ring (bicyclic) bond motifs is 2. The average molecular weight is 326 g/mol. The number of thiazole rings is 1. The van der Waals surface area contributed by atoms with Crippen molar-refractivity contribution in [2.24, 2.45) is 0 Å². The number of hydrogen-bond donors (Lipinski definition) is 1. The zero-order valence-electron chi connectivity index (χ0n) is 13.0. The number of furan rings is 1. The van der Waals surface area contributed by atoms with Crippen molar-refractivity contribution in [3.63, 3.8) is 0 Å². The Morgan fingerprint density at radius 2 is 2.22 bits per heavy atom. The second-order valence-corrected chi connectivity index (χ2v) is 7.17. The second-order valence-electron chi connectivity index (χ2n) is 6.08. The molecule has 1 aromatic carbocycles. The Labute approximate surface area is 138 Å². The van der Waals surface area contributed by atoms with E-state index in [0.29, 0.717) is 6.42 Å². The third-order valence-electron chi connectivity index (χ3n) is 4.25. The molecular weight excluding hydrogens is 308 g/mol. The number of amides is 1. The summed E-state index contributed by atoms with van der Waals surface area (Å²) in [5.41, 5.74) is 4.06. The summed E-state index contributed by atoms with van der Waals surface area (Å²) in [4.78, 5) is 18.2. The first-order valence-electron chi connectivity index (χ1n) is 7.94. The van der Waals surface area contributed by atoms with Crippen LogP contribution in [0.1, 0.15) is 34.5 Å². The molecule has 0 fully saturated rings. The van der Waals surface area contributed by atoms with E-state index < -0.39 is 0 Å². The summed E-state index contributed by atoms with van der Waals surface area (Å²) in [5, 5.41) is 4.67. The molecule has 0 saturated heterocycles. The molecule has 4 nitrogen and oxygen atoms in total. The minimum absolute atomic E-state index is 0.0422. The Morgan fingerprint density at radius 3 is 3.09 bits per heavy atom. The lowest BCUT2D eigenvalue weighted by molar-refractivity contribution is -0.115. The number of carbonyl (C=O) groups is 1.